The number of ether oxygens (including phenoxy) is 1. The quantitative estimate of drug-likeness (QED) is 0.776. The Balaban J connectivity index is 1.56. The van der Waals surface area contributed by atoms with Crippen LogP contribution in [0.1, 0.15) is 12.3 Å². The Kier molecular flexibility index (Phi) is 5.22. The van der Waals surface area contributed by atoms with Gasteiger partial charge in [-0.15, -0.1) is 10.2 Å². The topological polar surface area (TPSA) is 97.6 Å². The number of hydrogen-bond donors (Lipinski definition) is 1. The van der Waals surface area contributed by atoms with E-state index in [1.807, 2.05) is 18.2 Å². The number of rotatable bonds is 6. The predicted octanol–water partition coefficient (Wildman–Crippen LogP) is 1.40. The molecule has 132 valence electrons. The van der Waals surface area contributed by atoms with Crippen LogP contribution < -0.4 is 15.0 Å². The molecule has 2 aromatic rings. The van der Waals surface area contributed by atoms with Gasteiger partial charge in [-0.1, -0.05) is 23.9 Å². The van der Waals surface area contributed by atoms with E-state index in [-0.39, 0.29) is 30.0 Å². The minimum atomic E-state index is -0.241. The van der Waals surface area contributed by atoms with E-state index < -0.39 is 0 Å². The number of methoxy groups -OCH3 is 1. The summed E-state index contributed by atoms with van der Waals surface area (Å²) in [5.41, 5.74) is 0.711. The first-order valence-corrected chi connectivity index (χ1v) is 8.71. The van der Waals surface area contributed by atoms with Crippen molar-refractivity contribution in [2.24, 2.45) is 0 Å². The van der Waals surface area contributed by atoms with Crippen molar-refractivity contribution in [3.05, 3.63) is 30.2 Å². The molecule has 0 bridgehead atoms. The summed E-state index contributed by atoms with van der Waals surface area (Å²) in [6.07, 6.45) is 0.258. The van der Waals surface area contributed by atoms with E-state index >= 15 is 0 Å². The van der Waals surface area contributed by atoms with Gasteiger partial charge in [0.2, 0.25) is 17.7 Å². The fraction of sp³-hybridized carbons (Fsp3) is 0.375. The molecular weight excluding hydrogens is 344 g/mol. The van der Waals surface area contributed by atoms with Crippen LogP contribution in [0.15, 0.2) is 33.9 Å². The van der Waals surface area contributed by atoms with Crippen LogP contribution in [0, 0.1) is 6.92 Å². The number of carbonyl (C=O) groups is 2. The largest absolute Gasteiger partial charge is 0.495 e. The standard InChI is InChI=1S/C16H18N4O4S/c1-10-18-19-16(24-10)25-9-14(21)17-11-7-15(22)20(8-11)12-5-3-4-6-13(12)23-2/h3-6,11H,7-9H2,1-2H3,(H,17,21)/t11-/m1/s1. The van der Waals surface area contributed by atoms with Crippen LogP contribution in [0.3, 0.4) is 0 Å². The molecule has 1 saturated heterocycles. The van der Waals surface area contributed by atoms with Gasteiger partial charge in [0.15, 0.2) is 0 Å². The summed E-state index contributed by atoms with van der Waals surface area (Å²) in [7, 11) is 1.56. The highest BCUT2D eigenvalue weighted by Gasteiger charge is 2.32. The second-order valence-electron chi connectivity index (χ2n) is 5.52. The van der Waals surface area contributed by atoms with Gasteiger partial charge in [0.1, 0.15) is 5.75 Å². The number of carbonyl (C=O) groups excluding carboxylic acids is 2. The monoisotopic (exact) mass is 362 g/mol. The van der Waals surface area contributed by atoms with E-state index in [4.69, 9.17) is 9.15 Å². The average molecular weight is 362 g/mol. The van der Waals surface area contributed by atoms with Crippen LogP contribution in [-0.4, -0.2) is 47.5 Å². The summed E-state index contributed by atoms with van der Waals surface area (Å²) in [6, 6.07) is 7.08. The first-order valence-electron chi connectivity index (χ1n) is 7.72. The minimum absolute atomic E-state index is 0.0463. The van der Waals surface area contributed by atoms with Crippen LogP contribution in [0.2, 0.25) is 0 Å². The third-order valence-corrected chi connectivity index (χ3v) is 4.52. The van der Waals surface area contributed by atoms with E-state index in [1.165, 1.54) is 11.8 Å². The summed E-state index contributed by atoms with van der Waals surface area (Å²) in [6.45, 7) is 2.10. The van der Waals surface area contributed by atoms with E-state index in [0.29, 0.717) is 29.1 Å². The molecule has 25 heavy (non-hydrogen) atoms. The second-order valence-corrected chi connectivity index (χ2v) is 6.45. The van der Waals surface area contributed by atoms with Gasteiger partial charge in [-0.05, 0) is 12.1 Å². The molecule has 2 heterocycles. The first-order chi connectivity index (χ1) is 12.1. The third-order valence-electron chi connectivity index (χ3n) is 3.70. The number of aryl methyl sites for hydroxylation is 1. The van der Waals surface area contributed by atoms with Crippen molar-refractivity contribution < 1.29 is 18.7 Å². The molecule has 2 amide bonds. The Labute approximate surface area is 148 Å². The maximum absolute atomic E-state index is 12.3. The molecule has 1 atom stereocenters. The van der Waals surface area contributed by atoms with Crippen molar-refractivity contribution in [2.75, 3.05) is 24.3 Å². The molecule has 0 saturated carbocycles. The maximum atomic E-state index is 12.3. The summed E-state index contributed by atoms with van der Waals surface area (Å²) in [5, 5.41) is 10.8. The maximum Gasteiger partial charge on any atom is 0.277 e. The molecule has 9 heteroatoms. The molecule has 3 rings (SSSR count). The summed E-state index contributed by atoms with van der Waals surface area (Å²) in [4.78, 5) is 26.0. The van der Waals surface area contributed by atoms with Crippen molar-refractivity contribution in [2.45, 2.75) is 24.6 Å². The Morgan fingerprint density at radius 1 is 1.44 bits per heavy atom. The molecule has 0 aliphatic carbocycles. The molecular formula is C16H18N4O4S. The van der Waals surface area contributed by atoms with Crippen LogP contribution in [0.25, 0.3) is 0 Å². The van der Waals surface area contributed by atoms with Crippen LogP contribution in [0.5, 0.6) is 5.75 Å². The Hall–Kier alpha value is -2.55. The smallest absolute Gasteiger partial charge is 0.277 e. The van der Waals surface area contributed by atoms with Crippen molar-refractivity contribution in [1.29, 1.82) is 0 Å². The molecule has 1 N–H and O–H groups in total. The molecule has 1 aliphatic heterocycles. The zero-order chi connectivity index (χ0) is 17.8. The van der Waals surface area contributed by atoms with Gasteiger partial charge in [0.25, 0.3) is 5.22 Å². The van der Waals surface area contributed by atoms with Gasteiger partial charge in [0.05, 0.1) is 24.6 Å². The number of nitrogens with one attached hydrogen (secondary N) is 1. The van der Waals surface area contributed by atoms with E-state index in [0.717, 1.165) is 0 Å². The fourth-order valence-corrected chi connectivity index (χ4v) is 3.24. The lowest BCUT2D eigenvalue weighted by molar-refractivity contribution is -0.119. The van der Waals surface area contributed by atoms with E-state index in [9.17, 15) is 9.59 Å². The van der Waals surface area contributed by atoms with Crippen LogP contribution in [-0.2, 0) is 9.59 Å². The zero-order valence-electron chi connectivity index (χ0n) is 13.9. The average Bonchev–Trinajstić information content (AvgIpc) is 3.18. The van der Waals surface area contributed by atoms with Crippen LogP contribution >= 0.6 is 11.8 Å². The van der Waals surface area contributed by atoms with Gasteiger partial charge in [-0.25, -0.2) is 0 Å². The third kappa shape index (κ3) is 4.11. The predicted molar refractivity (Wildman–Crippen MR) is 91.7 cm³/mol. The number of thioether (sulfide) groups is 1. The highest BCUT2D eigenvalue weighted by atomic mass is 32.2. The van der Waals surface area contributed by atoms with Gasteiger partial charge in [-0.3, -0.25) is 9.59 Å². The van der Waals surface area contributed by atoms with Crippen LogP contribution in [0.4, 0.5) is 5.69 Å². The number of nitrogens with zero attached hydrogens (tertiary/aromatic N) is 3. The van der Waals surface area contributed by atoms with Crippen molar-refractivity contribution in [3.8, 4) is 5.75 Å². The number of aromatic nitrogens is 2. The molecule has 1 aliphatic rings. The second kappa shape index (κ2) is 7.56. The Bertz CT molecular complexity index is 779. The number of amides is 2. The molecule has 1 fully saturated rings. The van der Waals surface area contributed by atoms with Crippen molar-refractivity contribution >= 4 is 29.3 Å². The summed E-state index contributed by atoms with van der Waals surface area (Å²) >= 11 is 1.17. The van der Waals surface area contributed by atoms with E-state index in [2.05, 4.69) is 15.5 Å². The SMILES string of the molecule is COc1ccccc1N1C[C@H](NC(=O)CSc2nnc(C)o2)CC1=O. The van der Waals surface area contributed by atoms with Gasteiger partial charge < -0.3 is 19.4 Å². The highest BCUT2D eigenvalue weighted by molar-refractivity contribution is 7.99. The fourth-order valence-electron chi connectivity index (χ4n) is 2.62. The minimum Gasteiger partial charge on any atom is -0.495 e. The van der Waals surface area contributed by atoms with Gasteiger partial charge >= 0.3 is 0 Å². The van der Waals surface area contributed by atoms with Gasteiger partial charge in [0, 0.05) is 19.9 Å². The number of benzene rings is 1. The Morgan fingerprint density at radius 2 is 2.24 bits per heavy atom. The van der Waals surface area contributed by atoms with Crippen molar-refractivity contribution in [1.82, 2.24) is 15.5 Å². The molecule has 1 aromatic carbocycles. The van der Waals surface area contributed by atoms with E-state index in [1.54, 1.807) is 25.0 Å². The lowest BCUT2D eigenvalue weighted by atomic mass is 10.2. The molecule has 0 spiro atoms. The zero-order valence-corrected chi connectivity index (χ0v) is 14.7. The lowest BCUT2D eigenvalue weighted by Crippen LogP contribution is -2.38. The molecule has 0 radical (unpaired) electrons. The lowest BCUT2D eigenvalue weighted by Gasteiger charge is -2.19. The molecule has 0 unspecified atom stereocenters. The van der Waals surface area contributed by atoms with Gasteiger partial charge in [-0.2, -0.15) is 0 Å². The van der Waals surface area contributed by atoms with Crippen molar-refractivity contribution in [3.63, 3.8) is 0 Å². The molecule has 1 aromatic heterocycles. The Morgan fingerprint density at radius 3 is 2.96 bits per heavy atom. The number of anilines is 1. The molecule has 8 nitrogen and oxygen atoms in total. The highest BCUT2D eigenvalue weighted by Crippen LogP contribution is 2.31. The normalized spacial score (nSPS) is 17.0. The number of para-hydroxylation sites is 2. The summed E-state index contributed by atoms with van der Waals surface area (Å²) < 4.78 is 10.5. The number of hydrogen-bond acceptors (Lipinski definition) is 7. The first kappa shape index (κ1) is 17.3. The summed E-state index contributed by atoms with van der Waals surface area (Å²) in [5.74, 6) is 1.01.